The predicted octanol–water partition coefficient (Wildman–Crippen LogP) is 5.58. The summed E-state index contributed by atoms with van der Waals surface area (Å²) in [7, 11) is 0. The number of halogens is 2. The molecule has 0 fully saturated rings. The van der Waals surface area contributed by atoms with E-state index in [0.29, 0.717) is 11.3 Å². The van der Waals surface area contributed by atoms with E-state index in [9.17, 15) is 10.1 Å². The largest absolute Gasteiger partial charge is 0.480 e. The van der Waals surface area contributed by atoms with E-state index in [1.165, 1.54) is 0 Å². The third-order valence-electron chi connectivity index (χ3n) is 3.85. The quantitative estimate of drug-likeness (QED) is 0.243. The molecule has 0 aromatic heterocycles. The normalized spacial score (nSPS) is 11.2. The molecule has 0 saturated heterocycles. The van der Waals surface area contributed by atoms with Gasteiger partial charge in [-0.3, -0.25) is 0 Å². The van der Waals surface area contributed by atoms with Crippen LogP contribution in [0.2, 0.25) is 0 Å². The lowest BCUT2D eigenvalue weighted by Gasteiger charge is -2.10. The molecular formula is C21H13I2NO3. The predicted molar refractivity (Wildman–Crippen MR) is 122 cm³/mol. The van der Waals surface area contributed by atoms with Gasteiger partial charge in [-0.2, -0.15) is 5.26 Å². The molecule has 0 spiro atoms. The highest BCUT2D eigenvalue weighted by Gasteiger charge is 2.11. The molecule has 3 aromatic carbocycles. The molecule has 3 aromatic rings. The van der Waals surface area contributed by atoms with Crippen LogP contribution < -0.4 is 4.74 Å². The number of carboxylic acids is 1. The first-order valence-corrected chi connectivity index (χ1v) is 10.1. The molecular weight excluding hydrogens is 568 g/mol. The molecule has 0 aliphatic heterocycles. The standard InChI is InChI=1S/C21H13I2NO3/c22-18-8-13(9-19(23)21(18)27-12-20(25)26)7-17(11-24)16-6-5-14-3-1-2-4-15(14)10-16/h1-10H,12H2,(H,25,26)/b17-7-. The van der Waals surface area contributed by atoms with E-state index in [0.717, 1.165) is 29.0 Å². The molecule has 4 nitrogen and oxygen atoms in total. The Hall–Kier alpha value is -2.12. The highest BCUT2D eigenvalue weighted by Crippen LogP contribution is 2.31. The SMILES string of the molecule is N#C/C(=C/c1cc(I)c(OCC(=O)O)c(I)c1)c1ccc2ccccc2c1. The number of allylic oxidation sites excluding steroid dienone is 1. The van der Waals surface area contributed by atoms with Gasteiger partial charge in [-0.15, -0.1) is 0 Å². The molecule has 0 unspecified atom stereocenters. The molecule has 134 valence electrons. The zero-order valence-corrected chi connectivity index (χ0v) is 18.3. The van der Waals surface area contributed by atoms with Gasteiger partial charge in [0, 0.05) is 0 Å². The van der Waals surface area contributed by atoms with Crippen LogP contribution in [0.4, 0.5) is 0 Å². The summed E-state index contributed by atoms with van der Waals surface area (Å²) >= 11 is 4.22. The van der Waals surface area contributed by atoms with Crippen LogP contribution in [0.1, 0.15) is 11.1 Å². The highest BCUT2D eigenvalue weighted by molar-refractivity contribution is 14.1. The minimum Gasteiger partial charge on any atom is -0.480 e. The van der Waals surface area contributed by atoms with Gasteiger partial charge in [0.15, 0.2) is 6.61 Å². The van der Waals surface area contributed by atoms with Crippen molar-refractivity contribution < 1.29 is 14.6 Å². The number of hydrogen-bond donors (Lipinski definition) is 1. The second kappa shape index (κ2) is 8.71. The number of rotatable bonds is 5. The van der Waals surface area contributed by atoms with E-state index in [1.54, 1.807) is 0 Å². The summed E-state index contributed by atoms with van der Waals surface area (Å²) in [6, 6.07) is 20.0. The van der Waals surface area contributed by atoms with Crippen molar-refractivity contribution in [2.45, 2.75) is 0 Å². The van der Waals surface area contributed by atoms with E-state index < -0.39 is 5.97 Å². The van der Waals surface area contributed by atoms with Crippen LogP contribution in [0.25, 0.3) is 22.4 Å². The molecule has 0 bridgehead atoms. The molecule has 3 rings (SSSR count). The summed E-state index contributed by atoms with van der Waals surface area (Å²) in [6.07, 6.45) is 1.83. The number of hydrogen-bond acceptors (Lipinski definition) is 3. The summed E-state index contributed by atoms with van der Waals surface area (Å²) in [5.41, 5.74) is 2.27. The van der Waals surface area contributed by atoms with Crippen LogP contribution in [0.15, 0.2) is 54.6 Å². The first kappa shape index (κ1) is 19.6. The Balaban J connectivity index is 1.97. The van der Waals surface area contributed by atoms with E-state index in [-0.39, 0.29) is 6.61 Å². The van der Waals surface area contributed by atoms with Gasteiger partial charge in [0.25, 0.3) is 0 Å². The molecule has 0 aliphatic carbocycles. The summed E-state index contributed by atoms with van der Waals surface area (Å²) in [6.45, 7) is -0.387. The van der Waals surface area contributed by atoms with Crippen molar-refractivity contribution in [3.63, 3.8) is 0 Å². The van der Waals surface area contributed by atoms with Crippen LogP contribution in [0.3, 0.4) is 0 Å². The maximum Gasteiger partial charge on any atom is 0.341 e. The monoisotopic (exact) mass is 581 g/mol. The first-order valence-electron chi connectivity index (χ1n) is 7.92. The molecule has 0 heterocycles. The van der Waals surface area contributed by atoms with Crippen molar-refractivity contribution >= 4 is 73.6 Å². The number of benzene rings is 3. The Labute approximate surface area is 183 Å². The van der Waals surface area contributed by atoms with Crippen molar-refractivity contribution in [3.8, 4) is 11.8 Å². The Morgan fingerprint density at radius 1 is 1.07 bits per heavy atom. The van der Waals surface area contributed by atoms with Gasteiger partial charge in [0.1, 0.15) is 5.75 Å². The Bertz CT molecular complexity index is 1080. The zero-order valence-electron chi connectivity index (χ0n) is 13.9. The van der Waals surface area contributed by atoms with Crippen molar-refractivity contribution in [1.29, 1.82) is 5.26 Å². The number of carboxylic acid groups (broad SMARTS) is 1. The van der Waals surface area contributed by atoms with Crippen LogP contribution in [0.5, 0.6) is 5.75 Å². The molecule has 0 atom stereocenters. The second-order valence-corrected chi connectivity index (χ2v) is 8.05. The number of ether oxygens (including phenoxy) is 1. The molecule has 1 N–H and O–H groups in total. The van der Waals surface area contributed by atoms with Crippen molar-refractivity contribution in [3.05, 3.63) is 72.9 Å². The molecule has 27 heavy (non-hydrogen) atoms. The van der Waals surface area contributed by atoms with Gasteiger partial charge in [0.2, 0.25) is 0 Å². The smallest absolute Gasteiger partial charge is 0.341 e. The fourth-order valence-corrected chi connectivity index (χ4v) is 4.77. The lowest BCUT2D eigenvalue weighted by Crippen LogP contribution is -2.11. The van der Waals surface area contributed by atoms with Gasteiger partial charge in [-0.25, -0.2) is 4.79 Å². The minimum absolute atomic E-state index is 0.387. The van der Waals surface area contributed by atoms with Crippen LogP contribution in [-0.2, 0) is 4.79 Å². The molecule has 0 amide bonds. The third-order valence-corrected chi connectivity index (χ3v) is 5.46. The van der Waals surface area contributed by atoms with Crippen molar-refractivity contribution in [1.82, 2.24) is 0 Å². The molecule has 0 radical (unpaired) electrons. The average Bonchev–Trinajstić information content (AvgIpc) is 2.64. The van der Waals surface area contributed by atoms with Gasteiger partial charge < -0.3 is 9.84 Å². The maximum absolute atomic E-state index is 10.7. The van der Waals surface area contributed by atoms with Gasteiger partial charge >= 0.3 is 5.97 Å². The van der Waals surface area contributed by atoms with Crippen LogP contribution in [-0.4, -0.2) is 17.7 Å². The third kappa shape index (κ3) is 4.78. The zero-order chi connectivity index (χ0) is 19.4. The van der Waals surface area contributed by atoms with Crippen molar-refractivity contribution in [2.24, 2.45) is 0 Å². The summed E-state index contributed by atoms with van der Waals surface area (Å²) < 4.78 is 6.94. The van der Waals surface area contributed by atoms with Gasteiger partial charge in [-0.1, -0.05) is 36.4 Å². The topological polar surface area (TPSA) is 70.3 Å². The number of aliphatic carboxylic acids is 1. The summed E-state index contributed by atoms with van der Waals surface area (Å²) in [5, 5.41) is 20.6. The van der Waals surface area contributed by atoms with Crippen LogP contribution >= 0.6 is 45.2 Å². The highest BCUT2D eigenvalue weighted by atomic mass is 127. The summed E-state index contributed by atoms with van der Waals surface area (Å²) in [4.78, 5) is 10.7. The molecule has 6 heteroatoms. The van der Waals surface area contributed by atoms with Crippen LogP contribution in [0, 0.1) is 18.5 Å². The fraction of sp³-hybridized carbons (Fsp3) is 0.0476. The Morgan fingerprint density at radius 3 is 2.37 bits per heavy atom. The minimum atomic E-state index is -1.02. The maximum atomic E-state index is 10.7. The summed E-state index contributed by atoms with van der Waals surface area (Å²) in [5.74, 6) is -0.478. The molecule has 0 aliphatic rings. The lowest BCUT2D eigenvalue weighted by molar-refractivity contribution is -0.139. The Kier molecular flexibility index (Phi) is 6.34. The van der Waals surface area contributed by atoms with E-state index in [2.05, 4.69) is 51.3 Å². The van der Waals surface area contributed by atoms with Gasteiger partial charge in [0.05, 0.1) is 18.8 Å². The lowest BCUT2D eigenvalue weighted by atomic mass is 10.0. The second-order valence-electron chi connectivity index (χ2n) is 5.73. The van der Waals surface area contributed by atoms with E-state index in [4.69, 9.17) is 9.84 Å². The Morgan fingerprint density at radius 2 is 1.74 bits per heavy atom. The fourth-order valence-electron chi connectivity index (χ4n) is 2.64. The molecule has 0 saturated carbocycles. The van der Waals surface area contributed by atoms with E-state index >= 15 is 0 Å². The number of carbonyl (C=O) groups is 1. The van der Waals surface area contributed by atoms with E-state index in [1.807, 2.05) is 60.7 Å². The van der Waals surface area contributed by atoms with Crippen molar-refractivity contribution in [2.75, 3.05) is 6.61 Å². The van der Waals surface area contributed by atoms with Gasteiger partial charge in [-0.05, 0) is 91.4 Å². The number of nitriles is 1. The number of fused-ring (bicyclic) bond motifs is 1. The number of nitrogens with zero attached hydrogens (tertiary/aromatic N) is 1. The first-order chi connectivity index (χ1) is 13.0. The average molecular weight is 581 g/mol.